The molecular weight excluding hydrogens is 486 g/mol. The Hall–Kier alpha value is -2.29. The van der Waals surface area contributed by atoms with E-state index in [-0.39, 0.29) is 24.3 Å². The third-order valence-electron chi connectivity index (χ3n) is 5.16. The van der Waals surface area contributed by atoms with E-state index in [9.17, 15) is 30.8 Å². The summed E-state index contributed by atoms with van der Waals surface area (Å²) in [5.41, 5.74) is 0.342. The second-order valence-electron chi connectivity index (χ2n) is 7.66. The highest BCUT2D eigenvalue weighted by Crippen LogP contribution is 2.16. The van der Waals surface area contributed by atoms with E-state index in [1.165, 1.54) is 33.5 Å². The number of aliphatic carboxylic acids is 1. The molecule has 9 nitrogen and oxygen atoms in total. The second-order valence-corrected chi connectivity index (χ2v) is 9.75. The van der Waals surface area contributed by atoms with Crippen LogP contribution in [-0.4, -0.2) is 98.5 Å². The number of alkyl halides is 3. The van der Waals surface area contributed by atoms with Gasteiger partial charge in [-0.2, -0.15) is 17.5 Å². The topological polar surface area (TPSA) is 116 Å². The maximum absolute atomic E-state index is 13.2. The maximum Gasteiger partial charge on any atom is 0.490 e. The lowest BCUT2D eigenvalue weighted by Gasteiger charge is -2.29. The first-order valence-corrected chi connectivity index (χ1v) is 12.2. The molecule has 2 N–H and O–H groups in total. The summed E-state index contributed by atoms with van der Waals surface area (Å²) in [6, 6.07) is 5.31. The van der Waals surface area contributed by atoms with Gasteiger partial charge in [-0.1, -0.05) is 0 Å². The third-order valence-corrected chi connectivity index (χ3v) is 7.01. The number of carboxylic acid groups (broad SMARTS) is 1. The molecule has 3 rings (SSSR count). The highest BCUT2D eigenvalue weighted by Gasteiger charge is 2.38. The van der Waals surface area contributed by atoms with Crippen molar-refractivity contribution in [1.82, 2.24) is 14.5 Å². The van der Waals surface area contributed by atoms with Crippen molar-refractivity contribution in [2.24, 2.45) is 0 Å². The summed E-state index contributed by atoms with van der Waals surface area (Å²) in [5, 5.41) is 10.3. The summed E-state index contributed by atoms with van der Waals surface area (Å²) >= 11 is 0. The molecule has 34 heavy (non-hydrogen) atoms. The summed E-state index contributed by atoms with van der Waals surface area (Å²) in [7, 11) is -3.44. The molecule has 0 bridgehead atoms. The Morgan fingerprint density at radius 1 is 1.18 bits per heavy atom. The molecule has 0 aliphatic carbocycles. The number of benzene rings is 1. The van der Waals surface area contributed by atoms with Gasteiger partial charge in [-0.3, -0.25) is 4.79 Å². The van der Waals surface area contributed by atoms with Crippen molar-refractivity contribution < 1.29 is 45.4 Å². The standard InChI is InChI=1S/C18H26FN3O4S.C2HF3O2/c19-16-5-3-15(4-6-16)18(23)21(14-17-2-1-12-26-17)11-13-27(24,25)22-9-7-20-8-10-22;3-2(4,5)1(6)7/h3-6,17,20H,1-2,7-14H2;(H,6,7). The van der Waals surface area contributed by atoms with Gasteiger partial charge in [0.1, 0.15) is 5.82 Å². The molecule has 0 radical (unpaired) electrons. The summed E-state index contributed by atoms with van der Waals surface area (Å²) in [5.74, 6) is -3.61. The number of rotatable bonds is 7. The minimum atomic E-state index is -5.08. The monoisotopic (exact) mass is 513 g/mol. The molecule has 2 aliphatic rings. The quantitative estimate of drug-likeness (QED) is 0.529. The predicted octanol–water partition coefficient (Wildman–Crippen LogP) is 1.32. The van der Waals surface area contributed by atoms with E-state index >= 15 is 0 Å². The largest absolute Gasteiger partial charge is 0.490 e. The number of carboxylic acids is 1. The van der Waals surface area contributed by atoms with Crippen LogP contribution < -0.4 is 5.32 Å². The van der Waals surface area contributed by atoms with Gasteiger partial charge in [-0.25, -0.2) is 17.6 Å². The number of carbonyl (C=O) groups excluding carboxylic acids is 1. The molecule has 2 aliphatic heterocycles. The van der Waals surface area contributed by atoms with Crippen LogP contribution in [0, 0.1) is 5.82 Å². The lowest BCUT2D eigenvalue weighted by molar-refractivity contribution is -0.192. The van der Waals surface area contributed by atoms with E-state index in [0.717, 1.165) is 12.8 Å². The molecule has 192 valence electrons. The number of hydrogen-bond acceptors (Lipinski definition) is 6. The van der Waals surface area contributed by atoms with Crippen molar-refractivity contribution in [3.8, 4) is 0 Å². The highest BCUT2D eigenvalue weighted by molar-refractivity contribution is 7.89. The molecule has 1 unspecified atom stereocenters. The van der Waals surface area contributed by atoms with Crippen molar-refractivity contribution >= 4 is 21.9 Å². The lowest BCUT2D eigenvalue weighted by atomic mass is 10.1. The molecule has 0 aromatic heterocycles. The van der Waals surface area contributed by atoms with Crippen LogP contribution in [0.1, 0.15) is 23.2 Å². The van der Waals surface area contributed by atoms with Crippen LogP contribution in [-0.2, 0) is 19.6 Å². The fraction of sp³-hybridized carbons (Fsp3) is 0.600. The van der Waals surface area contributed by atoms with Crippen LogP contribution in [0.2, 0.25) is 0 Å². The van der Waals surface area contributed by atoms with E-state index in [1.54, 1.807) is 0 Å². The SMILES string of the molecule is O=C(O)C(F)(F)F.O=C(c1ccc(F)cc1)N(CCS(=O)(=O)N1CCNCC1)CC1CCCO1. The van der Waals surface area contributed by atoms with E-state index in [0.29, 0.717) is 44.9 Å². The van der Waals surface area contributed by atoms with Crippen molar-refractivity contribution in [2.45, 2.75) is 25.1 Å². The number of sulfonamides is 1. The average Bonchev–Trinajstić information content (AvgIpc) is 3.30. The second kappa shape index (κ2) is 12.4. The maximum atomic E-state index is 13.2. The van der Waals surface area contributed by atoms with Crippen molar-refractivity contribution in [2.75, 3.05) is 51.6 Å². The fourth-order valence-electron chi connectivity index (χ4n) is 3.36. The van der Waals surface area contributed by atoms with Crippen molar-refractivity contribution in [1.29, 1.82) is 0 Å². The average molecular weight is 514 g/mol. The number of halogens is 4. The van der Waals surface area contributed by atoms with E-state index in [1.807, 2.05) is 0 Å². The number of carbonyl (C=O) groups is 2. The Balaban J connectivity index is 0.000000509. The molecule has 1 atom stereocenters. The molecule has 1 amide bonds. The first-order valence-electron chi connectivity index (χ1n) is 10.6. The van der Waals surface area contributed by atoms with Gasteiger partial charge in [0.05, 0.1) is 11.9 Å². The molecule has 2 saturated heterocycles. The molecule has 1 aromatic rings. The van der Waals surface area contributed by atoms with E-state index < -0.39 is 28.0 Å². The molecule has 0 spiro atoms. The number of nitrogens with zero attached hydrogens (tertiary/aromatic N) is 2. The Labute approximate surface area is 194 Å². The highest BCUT2D eigenvalue weighted by atomic mass is 32.2. The van der Waals surface area contributed by atoms with Gasteiger partial charge in [-0.15, -0.1) is 0 Å². The number of amides is 1. The van der Waals surface area contributed by atoms with Gasteiger partial charge in [0, 0.05) is 51.4 Å². The van der Waals surface area contributed by atoms with E-state index in [2.05, 4.69) is 5.32 Å². The third kappa shape index (κ3) is 8.81. The summed E-state index contributed by atoms with van der Waals surface area (Å²) in [4.78, 5) is 23.3. The Morgan fingerprint density at radius 2 is 1.76 bits per heavy atom. The minimum Gasteiger partial charge on any atom is -0.475 e. The molecule has 1 aromatic carbocycles. The zero-order chi connectivity index (χ0) is 25.4. The van der Waals surface area contributed by atoms with Crippen LogP contribution in [0.3, 0.4) is 0 Å². The first-order chi connectivity index (χ1) is 15.9. The van der Waals surface area contributed by atoms with Gasteiger partial charge in [0.25, 0.3) is 5.91 Å². The molecule has 14 heteroatoms. The number of piperazine rings is 1. The molecule has 0 saturated carbocycles. The lowest BCUT2D eigenvalue weighted by Crippen LogP contribution is -2.49. The zero-order valence-corrected chi connectivity index (χ0v) is 19.1. The first kappa shape index (κ1) is 28.0. The number of ether oxygens (including phenoxy) is 1. The van der Waals surface area contributed by atoms with Gasteiger partial charge < -0.3 is 20.1 Å². The van der Waals surface area contributed by atoms with Gasteiger partial charge in [0.2, 0.25) is 10.0 Å². The molecular formula is C20H27F4N3O6S. The minimum absolute atomic E-state index is 0.0856. The smallest absolute Gasteiger partial charge is 0.475 e. The Bertz CT molecular complexity index is 915. The zero-order valence-electron chi connectivity index (χ0n) is 18.3. The van der Waals surface area contributed by atoms with Gasteiger partial charge >= 0.3 is 12.1 Å². The van der Waals surface area contributed by atoms with E-state index in [4.69, 9.17) is 14.6 Å². The van der Waals surface area contributed by atoms with Crippen LogP contribution in [0.4, 0.5) is 17.6 Å². The van der Waals surface area contributed by atoms with Gasteiger partial charge in [-0.05, 0) is 37.1 Å². The molecule has 2 heterocycles. The van der Waals surface area contributed by atoms with Crippen LogP contribution in [0.5, 0.6) is 0 Å². The fourth-order valence-corrected chi connectivity index (χ4v) is 4.81. The molecule has 2 fully saturated rings. The van der Waals surface area contributed by atoms with Gasteiger partial charge in [0.15, 0.2) is 0 Å². The number of nitrogens with one attached hydrogen (secondary N) is 1. The summed E-state index contributed by atoms with van der Waals surface area (Å²) in [6.45, 7) is 3.23. The Kier molecular flexibility index (Phi) is 10.2. The van der Waals surface area contributed by atoms with Crippen LogP contribution in [0.15, 0.2) is 24.3 Å². The Morgan fingerprint density at radius 3 is 2.26 bits per heavy atom. The summed E-state index contributed by atoms with van der Waals surface area (Å²) in [6.07, 6.45) is -3.39. The van der Waals surface area contributed by atoms with Crippen molar-refractivity contribution in [3.63, 3.8) is 0 Å². The van der Waals surface area contributed by atoms with Crippen LogP contribution >= 0.6 is 0 Å². The number of hydrogen-bond donors (Lipinski definition) is 2. The van der Waals surface area contributed by atoms with Crippen molar-refractivity contribution in [3.05, 3.63) is 35.6 Å². The predicted molar refractivity (Wildman–Crippen MR) is 113 cm³/mol. The summed E-state index contributed by atoms with van der Waals surface area (Å²) < 4.78 is 77.2. The van der Waals surface area contributed by atoms with Crippen LogP contribution in [0.25, 0.3) is 0 Å². The normalized spacial score (nSPS) is 19.2.